The van der Waals surface area contributed by atoms with E-state index in [4.69, 9.17) is 6.57 Å². The summed E-state index contributed by atoms with van der Waals surface area (Å²) in [6, 6.07) is 16.4. The van der Waals surface area contributed by atoms with E-state index in [1.807, 2.05) is 31.2 Å². The van der Waals surface area contributed by atoms with E-state index >= 15 is 0 Å². The zero-order valence-electron chi connectivity index (χ0n) is 16.4. The van der Waals surface area contributed by atoms with E-state index in [2.05, 4.69) is 49.2 Å². The summed E-state index contributed by atoms with van der Waals surface area (Å²) in [5.41, 5.74) is 3.84. The zero-order valence-corrected chi connectivity index (χ0v) is 16.4. The minimum atomic E-state index is 0.111. The predicted molar refractivity (Wildman–Crippen MR) is 112 cm³/mol. The molecule has 1 saturated carbocycles. The van der Waals surface area contributed by atoms with Crippen molar-refractivity contribution in [2.24, 2.45) is 0 Å². The molecule has 0 unspecified atom stereocenters. The molecule has 1 fully saturated rings. The van der Waals surface area contributed by atoms with E-state index in [1.54, 1.807) is 6.33 Å². The van der Waals surface area contributed by atoms with Crippen LogP contribution in [0.25, 0.3) is 27.4 Å². The van der Waals surface area contributed by atoms with Crippen LogP contribution in [0.1, 0.15) is 38.6 Å². The van der Waals surface area contributed by atoms with Crippen LogP contribution in [0.4, 0.5) is 5.69 Å². The Morgan fingerprint density at radius 2 is 1.76 bits per heavy atom. The van der Waals surface area contributed by atoms with Crippen LogP contribution >= 0.6 is 0 Å². The maximum atomic E-state index is 11.7. The number of rotatable bonds is 5. The van der Waals surface area contributed by atoms with Gasteiger partial charge in [-0.15, -0.1) is 10.2 Å². The maximum absolute atomic E-state index is 11.7. The summed E-state index contributed by atoms with van der Waals surface area (Å²) in [7, 11) is 0. The second kappa shape index (κ2) is 8.27. The molecule has 4 rings (SSSR count). The fraction of sp³-hybridized carbons (Fsp3) is 0.304. The van der Waals surface area contributed by atoms with Crippen LogP contribution in [0.15, 0.2) is 54.9 Å². The van der Waals surface area contributed by atoms with Crippen LogP contribution in [0.2, 0.25) is 0 Å². The molecular formula is C23H23N5O. The fourth-order valence-corrected chi connectivity index (χ4v) is 3.93. The van der Waals surface area contributed by atoms with Crippen molar-refractivity contribution in [3.63, 3.8) is 0 Å². The first-order valence-corrected chi connectivity index (χ1v) is 9.95. The van der Waals surface area contributed by atoms with E-state index in [9.17, 15) is 4.79 Å². The Labute approximate surface area is 170 Å². The van der Waals surface area contributed by atoms with Crippen LogP contribution in [-0.4, -0.2) is 26.7 Å². The van der Waals surface area contributed by atoms with Gasteiger partial charge in [-0.1, -0.05) is 55.5 Å². The van der Waals surface area contributed by atoms with E-state index in [1.165, 1.54) is 0 Å². The fourth-order valence-electron chi connectivity index (χ4n) is 3.93. The Hall–Kier alpha value is -3.46. The second-order valence-electron chi connectivity index (χ2n) is 7.38. The number of hydrogen-bond acceptors (Lipinski definition) is 3. The number of carbonyl (C=O) groups excluding carboxylic acids is 1. The van der Waals surface area contributed by atoms with E-state index < -0.39 is 0 Å². The molecule has 0 radical (unpaired) electrons. The summed E-state index contributed by atoms with van der Waals surface area (Å²) in [5.74, 6) is 0.965. The van der Waals surface area contributed by atoms with Crippen molar-refractivity contribution < 1.29 is 4.79 Å². The van der Waals surface area contributed by atoms with E-state index in [-0.39, 0.29) is 11.9 Å². The molecule has 1 aliphatic rings. The monoisotopic (exact) mass is 385 g/mol. The molecule has 146 valence electrons. The van der Waals surface area contributed by atoms with Gasteiger partial charge in [-0.25, -0.2) is 4.85 Å². The van der Waals surface area contributed by atoms with Gasteiger partial charge < -0.3 is 9.88 Å². The van der Waals surface area contributed by atoms with E-state index in [0.717, 1.165) is 41.8 Å². The number of amides is 1. The van der Waals surface area contributed by atoms with Crippen molar-refractivity contribution in [3.05, 3.63) is 66.3 Å². The van der Waals surface area contributed by atoms with Gasteiger partial charge in [0.15, 0.2) is 11.5 Å². The summed E-state index contributed by atoms with van der Waals surface area (Å²) in [6.45, 7) is 8.94. The number of benzene rings is 2. The molecule has 2 aromatic carbocycles. The van der Waals surface area contributed by atoms with Gasteiger partial charge in [0, 0.05) is 24.1 Å². The molecule has 2 atom stereocenters. The second-order valence-corrected chi connectivity index (χ2v) is 7.38. The van der Waals surface area contributed by atoms with Gasteiger partial charge in [-0.2, -0.15) is 0 Å². The van der Waals surface area contributed by atoms with Gasteiger partial charge in [0.2, 0.25) is 5.91 Å². The van der Waals surface area contributed by atoms with Crippen LogP contribution < -0.4 is 5.32 Å². The lowest BCUT2D eigenvalue weighted by Crippen LogP contribution is -2.32. The van der Waals surface area contributed by atoms with E-state index in [0.29, 0.717) is 18.2 Å². The number of carbonyl (C=O) groups is 1. The zero-order chi connectivity index (χ0) is 20.2. The third-order valence-electron chi connectivity index (χ3n) is 5.53. The highest BCUT2D eigenvalue weighted by Gasteiger charge is 2.28. The molecule has 1 N–H and O–H groups in total. The Bertz CT molecular complexity index is 1030. The lowest BCUT2D eigenvalue weighted by molar-refractivity contribution is -0.121. The van der Waals surface area contributed by atoms with Crippen molar-refractivity contribution in [3.8, 4) is 22.5 Å². The summed E-state index contributed by atoms with van der Waals surface area (Å²) < 4.78 is 2.14. The normalized spacial score (nSPS) is 18.3. The molecule has 6 nitrogen and oxygen atoms in total. The number of nitrogens with zero attached hydrogens (tertiary/aromatic N) is 4. The smallest absolute Gasteiger partial charge is 0.219 e. The molecule has 0 aliphatic heterocycles. The number of hydrogen-bond donors (Lipinski definition) is 1. The lowest BCUT2D eigenvalue weighted by Gasteiger charge is -2.16. The van der Waals surface area contributed by atoms with Crippen LogP contribution in [0.3, 0.4) is 0 Å². The highest BCUT2D eigenvalue weighted by molar-refractivity contribution is 5.75. The molecule has 3 aromatic rings. The van der Waals surface area contributed by atoms with Gasteiger partial charge >= 0.3 is 0 Å². The highest BCUT2D eigenvalue weighted by atomic mass is 16.1. The molecule has 1 amide bonds. The van der Waals surface area contributed by atoms with Crippen molar-refractivity contribution in [1.82, 2.24) is 20.1 Å². The average molecular weight is 385 g/mol. The van der Waals surface area contributed by atoms with Crippen LogP contribution in [0.5, 0.6) is 0 Å². The summed E-state index contributed by atoms with van der Waals surface area (Å²) in [4.78, 5) is 15.1. The summed E-state index contributed by atoms with van der Waals surface area (Å²) in [6.07, 6.45) is 5.20. The standard InChI is InChI=1S/C23H23N5O/c1-3-22(29)26-20-12-13-21(14-20)28-15-25-27-23(28)18-6-4-16(5-7-18)17-8-10-19(24-2)11-9-17/h4-11,15,20-21H,3,12-14H2,1H3,(H,26,29)/t20-,21+/m0/s1. The van der Waals surface area contributed by atoms with Crippen molar-refractivity contribution in [2.75, 3.05) is 0 Å². The Morgan fingerprint density at radius 3 is 2.41 bits per heavy atom. The largest absolute Gasteiger partial charge is 0.353 e. The van der Waals surface area contributed by atoms with Crippen LogP contribution in [-0.2, 0) is 4.79 Å². The molecule has 1 aromatic heterocycles. The molecule has 6 heteroatoms. The number of nitrogens with one attached hydrogen (secondary N) is 1. The minimum Gasteiger partial charge on any atom is -0.353 e. The van der Waals surface area contributed by atoms with Crippen molar-refractivity contribution in [2.45, 2.75) is 44.7 Å². The van der Waals surface area contributed by atoms with Gasteiger partial charge in [0.25, 0.3) is 0 Å². The molecule has 1 heterocycles. The summed E-state index contributed by atoms with van der Waals surface area (Å²) in [5, 5.41) is 11.6. The first kappa shape index (κ1) is 18.9. The number of aromatic nitrogens is 3. The average Bonchev–Trinajstić information content (AvgIpc) is 3.43. The first-order chi connectivity index (χ1) is 14.2. The Kier molecular flexibility index (Phi) is 5.39. The van der Waals surface area contributed by atoms with Gasteiger partial charge in [0.05, 0.1) is 6.57 Å². The molecule has 29 heavy (non-hydrogen) atoms. The first-order valence-electron chi connectivity index (χ1n) is 9.95. The quantitative estimate of drug-likeness (QED) is 0.643. The molecule has 0 spiro atoms. The lowest BCUT2D eigenvalue weighted by atomic mass is 10.0. The Balaban J connectivity index is 1.51. The molecule has 0 bridgehead atoms. The molecule has 0 saturated heterocycles. The van der Waals surface area contributed by atoms with Crippen LogP contribution in [0, 0.1) is 6.57 Å². The molecule has 1 aliphatic carbocycles. The van der Waals surface area contributed by atoms with Gasteiger partial charge in [0.1, 0.15) is 6.33 Å². The predicted octanol–water partition coefficient (Wildman–Crippen LogP) is 4.78. The minimum absolute atomic E-state index is 0.111. The third-order valence-corrected chi connectivity index (χ3v) is 5.53. The highest BCUT2D eigenvalue weighted by Crippen LogP contribution is 2.33. The molecular weight excluding hydrogens is 362 g/mol. The third kappa shape index (κ3) is 4.04. The SMILES string of the molecule is [C-]#[N+]c1ccc(-c2ccc(-c3nncn3[C@@H]3CC[C@H](NC(=O)CC)C3)cc2)cc1. The van der Waals surface area contributed by atoms with Crippen molar-refractivity contribution >= 4 is 11.6 Å². The van der Waals surface area contributed by atoms with Crippen molar-refractivity contribution in [1.29, 1.82) is 0 Å². The summed E-state index contributed by atoms with van der Waals surface area (Å²) >= 11 is 0. The van der Waals surface area contributed by atoms with Gasteiger partial charge in [-0.3, -0.25) is 4.79 Å². The topological polar surface area (TPSA) is 64.2 Å². The Morgan fingerprint density at radius 1 is 1.10 bits per heavy atom. The maximum Gasteiger partial charge on any atom is 0.219 e. The van der Waals surface area contributed by atoms with Gasteiger partial charge in [-0.05, 0) is 30.4 Å².